The Morgan fingerprint density at radius 2 is 1.72 bits per heavy atom. The molecule has 36 heavy (non-hydrogen) atoms. The van der Waals surface area contributed by atoms with E-state index in [0.29, 0.717) is 54.4 Å². The molecule has 3 aromatic carbocycles. The topological polar surface area (TPSA) is 67.7 Å². The lowest BCUT2D eigenvalue weighted by Crippen LogP contribution is -2.10. The van der Waals surface area contributed by atoms with Gasteiger partial charge in [-0.05, 0) is 24.4 Å². The molecule has 1 unspecified atom stereocenters. The Bertz CT molecular complexity index is 1520. The summed E-state index contributed by atoms with van der Waals surface area (Å²) in [5.74, 6) is 0.367. The zero-order valence-electron chi connectivity index (χ0n) is 19.9. The van der Waals surface area contributed by atoms with Crippen LogP contribution in [0.1, 0.15) is 11.1 Å². The molecule has 9 heteroatoms. The number of halogens is 2. The molecule has 0 amide bonds. The number of nitrogens with one attached hydrogen (secondary N) is 2. The van der Waals surface area contributed by atoms with Crippen LogP contribution in [-0.4, -0.2) is 26.4 Å². The standard InChI is InChI=1S/C27H25F2N6P/c1-35-16-20-10-19(21(28)12-23(20)34-35)14-31-27-26(30-13-17-6-4-3-5-7-17)32-15-24(33-27)18-8-9-25(36-2)22(29)11-18/h3-12,15-16,36H,13-14H2,1-2H3,(H,30,32)(H,31,33). The van der Waals surface area contributed by atoms with Crippen molar-refractivity contribution in [1.29, 1.82) is 0 Å². The maximum Gasteiger partial charge on any atom is 0.170 e. The minimum Gasteiger partial charge on any atom is -0.363 e. The van der Waals surface area contributed by atoms with Crippen LogP contribution in [0, 0.1) is 11.6 Å². The van der Waals surface area contributed by atoms with Crippen LogP contribution in [0.5, 0.6) is 0 Å². The molecule has 2 heterocycles. The largest absolute Gasteiger partial charge is 0.363 e. The zero-order valence-corrected chi connectivity index (χ0v) is 20.9. The first-order valence-corrected chi connectivity index (χ1v) is 13.0. The van der Waals surface area contributed by atoms with Gasteiger partial charge >= 0.3 is 0 Å². The summed E-state index contributed by atoms with van der Waals surface area (Å²) in [7, 11) is 2.17. The highest BCUT2D eigenvalue weighted by atomic mass is 31.1. The van der Waals surface area contributed by atoms with Gasteiger partial charge in [-0.15, -0.1) is 0 Å². The smallest absolute Gasteiger partial charge is 0.170 e. The van der Waals surface area contributed by atoms with Crippen molar-refractivity contribution in [1.82, 2.24) is 19.7 Å². The number of hydrogen-bond acceptors (Lipinski definition) is 5. The van der Waals surface area contributed by atoms with Crippen molar-refractivity contribution in [2.75, 3.05) is 17.3 Å². The summed E-state index contributed by atoms with van der Waals surface area (Å²) in [4.78, 5) is 9.29. The second-order valence-corrected chi connectivity index (χ2v) is 9.43. The van der Waals surface area contributed by atoms with Crippen molar-refractivity contribution in [2.24, 2.45) is 7.05 Å². The summed E-state index contributed by atoms with van der Waals surface area (Å²) in [5, 5.41) is 12.3. The molecular weight excluding hydrogens is 477 g/mol. The lowest BCUT2D eigenvalue weighted by Gasteiger charge is -2.14. The molecular formula is C27H25F2N6P. The van der Waals surface area contributed by atoms with Crippen LogP contribution in [0.4, 0.5) is 20.4 Å². The highest BCUT2D eigenvalue weighted by Gasteiger charge is 2.13. The van der Waals surface area contributed by atoms with E-state index in [1.54, 1.807) is 30.1 Å². The summed E-state index contributed by atoms with van der Waals surface area (Å²) < 4.78 is 30.9. The maximum absolute atomic E-state index is 14.8. The molecule has 2 aromatic heterocycles. The van der Waals surface area contributed by atoms with E-state index in [0.717, 1.165) is 10.9 Å². The number of aromatic nitrogens is 4. The highest BCUT2D eigenvalue weighted by molar-refractivity contribution is 7.46. The first-order chi connectivity index (χ1) is 17.5. The van der Waals surface area contributed by atoms with Gasteiger partial charge in [0, 0.05) is 54.2 Å². The summed E-state index contributed by atoms with van der Waals surface area (Å²) in [6, 6.07) is 18.2. The maximum atomic E-state index is 14.8. The van der Waals surface area contributed by atoms with Crippen molar-refractivity contribution in [3.63, 3.8) is 0 Å². The van der Waals surface area contributed by atoms with E-state index < -0.39 is 0 Å². The van der Waals surface area contributed by atoms with Crippen LogP contribution in [0.3, 0.4) is 0 Å². The van der Waals surface area contributed by atoms with Crippen LogP contribution in [0.15, 0.2) is 73.1 Å². The molecule has 0 bridgehead atoms. The van der Waals surface area contributed by atoms with Gasteiger partial charge in [-0.25, -0.2) is 18.7 Å². The molecule has 5 rings (SSSR count). The van der Waals surface area contributed by atoms with E-state index in [1.807, 2.05) is 49.3 Å². The fourth-order valence-corrected chi connectivity index (χ4v) is 4.53. The Balaban J connectivity index is 1.45. The number of fused-ring (bicyclic) bond motifs is 1. The normalized spacial score (nSPS) is 11.4. The van der Waals surface area contributed by atoms with E-state index in [9.17, 15) is 8.78 Å². The quantitative estimate of drug-likeness (QED) is 0.276. The average Bonchev–Trinajstić information content (AvgIpc) is 3.25. The fraction of sp³-hybridized carbons (Fsp3) is 0.148. The van der Waals surface area contributed by atoms with Gasteiger partial charge in [0.1, 0.15) is 11.6 Å². The monoisotopic (exact) mass is 502 g/mol. The summed E-state index contributed by atoms with van der Waals surface area (Å²) >= 11 is 0. The van der Waals surface area contributed by atoms with Gasteiger partial charge in [-0.3, -0.25) is 4.68 Å². The summed E-state index contributed by atoms with van der Waals surface area (Å²) in [5.41, 5.74) is 3.32. The number of nitrogens with zero attached hydrogens (tertiary/aromatic N) is 4. The minimum atomic E-state index is -0.352. The first-order valence-electron chi connectivity index (χ1n) is 11.5. The van der Waals surface area contributed by atoms with Crippen molar-refractivity contribution in [3.05, 3.63) is 95.8 Å². The third-order valence-corrected chi connectivity index (χ3v) is 6.79. The van der Waals surface area contributed by atoms with Crippen LogP contribution >= 0.6 is 8.58 Å². The van der Waals surface area contributed by atoms with Crippen LogP contribution in [0.25, 0.3) is 22.2 Å². The van der Waals surface area contributed by atoms with E-state index in [4.69, 9.17) is 4.98 Å². The predicted octanol–water partition coefficient (Wildman–Crippen LogP) is 5.47. The number of benzene rings is 3. The highest BCUT2D eigenvalue weighted by Crippen LogP contribution is 2.26. The van der Waals surface area contributed by atoms with Gasteiger partial charge < -0.3 is 10.6 Å². The van der Waals surface area contributed by atoms with E-state index in [2.05, 4.69) is 20.7 Å². The van der Waals surface area contributed by atoms with Crippen molar-refractivity contribution in [2.45, 2.75) is 13.1 Å². The average molecular weight is 503 g/mol. The van der Waals surface area contributed by atoms with E-state index in [-0.39, 0.29) is 18.2 Å². The van der Waals surface area contributed by atoms with E-state index in [1.165, 1.54) is 12.1 Å². The van der Waals surface area contributed by atoms with Crippen molar-refractivity contribution >= 4 is 36.4 Å². The predicted molar refractivity (Wildman–Crippen MR) is 143 cm³/mol. The van der Waals surface area contributed by atoms with Gasteiger partial charge in [0.2, 0.25) is 0 Å². The van der Waals surface area contributed by atoms with Gasteiger partial charge in [0.15, 0.2) is 11.6 Å². The van der Waals surface area contributed by atoms with Gasteiger partial charge in [-0.2, -0.15) is 5.10 Å². The third kappa shape index (κ3) is 5.19. The fourth-order valence-electron chi connectivity index (χ4n) is 3.97. The van der Waals surface area contributed by atoms with Crippen molar-refractivity contribution < 1.29 is 8.78 Å². The Hall–Kier alpha value is -3.90. The molecule has 5 aromatic rings. The van der Waals surface area contributed by atoms with Crippen LogP contribution < -0.4 is 15.9 Å². The Morgan fingerprint density at radius 3 is 2.50 bits per heavy atom. The van der Waals surface area contributed by atoms with Gasteiger partial charge in [0.05, 0.1) is 17.4 Å². The van der Waals surface area contributed by atoms with Crippen LogP contribution in [-0.2, 0) is 20.1 Å². The Labute approximate surface area is 209 Å². The molecule has 0 spiro atoms. The molecule has 2 N–H and O–H groups in total. The summed E-state index contributed by atoms with van der Waals surface area (Å²) in [6.07, 6.45) is 3.46. The number of rotatable bonds is 8. The molecule has 182 valence electrons. The summed E-state index contributed by atoms with van der Waals surface area (Å²) in [6.45, 7) is 2.68. The molecule has 0 saturated heterocycles. The lowest BCUT2D eigenvalue weighted by atomic mass is 10.1. The molecule has 0 fully saturated rings. The number of hydrogen-bond donors (Lipinski definition) is 2. The second kappa shape index (κ2) is 10.4. The molecule has 0 aliphatic heterocycles. The minimum absolute atomic E-state index is 0.194. The van der Waals surface area contributed by atoms with Crippen molar-refractivity contribution in [3.8, 4) is 11.3 Å². The van der Waals surface area contributed by atoms with Gasteiger partial charge in [-0.1, -0.05) is 51.0 Å². The second-order valence-electron chi connectivity index (χ2n) is 8.39. The Kier molecular flexibility index (Phi) is 6.87. The third-order valence-electron chi connectivity index (χ3n) is 5.84. The molecule has 0 aliphatic rings. The Morgan fingerprint density at radius 1 is 0.917 bits per heavy atom. The number of anilines is 2. The zero-order chi connectivity index (χ0) is 25.1. The molecule has 6 nitrogen and oxygen atoms in total. The molecule has 0 radical (unpaired) electrons. The SMILES string of the molecule is CPc1ccc(-c2cnc(NCc3ccccc3)c(NCc3cc4cn(C)nc4cc3F)n2)cc1F. The lowest BCUT2D eigenvalue weighted by molar-refractivity contribution is 0.614. The molecule has 0 aliphatic carbocycles. The van der Waals surface area contributed by atoms with Gasteiger partial charge in [0.25, 0.3) is 0 Å². The number of aryl methyl sites for hydroxylation is 1. The van der Waals surface area contributed by atoms with E-state index >= 15 is 0 Å². The molecule has 1 atom stereocenters. The van der Waals surface area contributed by atoms with Crippen LogP contribution in [0.2, 0.25) is 0 Å². The first kappa shape index (κ1) is 23.8. The molecule has 0 saturated carbocycles.